The lowest BCUT2D eigenvalue weighted by molar-refractivity contribution is 0.100. The minimum atomic E-state index is -3.76. The van der Waals surface area contributed by atoms with Crippen LogP contribution < -0.4 is 15.8 Å². The Morgan fingerprint density at radius 2 is 1.88 bits per heavy atom. The van der Waals surface area contributed by atoms with E-state index < -0.39 is 15.9 Å². The fourth-order valence-electron chi connectivity index (χ4n) is 3.48. The maximum atomic E-state index is 12.7. The molecule has 2 heterocycles. The van der Waals surface area contributed by atoms with Gasteiger partial charge in [-0.25, -0.2) is 23.1 Å². The lowest BCUT2D eigenvalue weighted by atomic mass is 10.1. The average molecular weight is 464 g/mol. The van der Waals surface area contributed by atoms with E-state index in [2.05, 4.69) is 21.6 Å². The number of hydrogen-bond acceptors (Lipinski definition) is 7. The number of aromatic nitrogens is 4. The maximum Gasteiger partial charge on any atom is 0.256 e. The van der Waals surface area contributed by atoms with Gasteiger partial charge in [-0.2, -0.15) is 5.10 Å². The summed E-state index contributed by atoms with van der Waals surface area (Å²) in [5.41, 5.74) is 13.9. The van der Waals surface area contributed by atoms with Gasteiger partial charge in [-0.3, -0.25) is 9.10 Å². The molecule has 33 heavy (non-hydrogen) atoms. The Morgan fingerprint density at radius 1 is 1.12 bits per heavy atom. The number of anilines is 2. The normalized spacial score (nSPS) is 11.4. The maximum absolute atomic E-state index is 12.7. The van der Waals surface area contributed by atoms with Crippen LogP contribution in [0.2, 0.25) is 0 Å². The molecule has 0 aliphatic heterocycles. The molecule has 0 aliphatic carbocycles. The van der Waals surface area contributed by atoms with Crippen LogP contribution in [-0.2, 0) is 16.6 Å². The Kier molecular flexibility index (Phi) is 5.80. The van der Waals surface area contributed by atoms with Crippen LogP contribution in [0.25, 0.3) is 22.3 Å². The van der Waals surface area contributed by atoms with Crippen molar-refractivity contribution in [3.8, 4) is 11.3 Å². The highest BCUT2D eigenvalue weighted by atomic mass is 32.2. The second-order valence-corrected chi connectivity index (χ2v) is 8.90. The number of nitrogens with two attached hydrogens (primary N) is 2. The highest BCUT2D eigenvalue weighted by Gasteiger charge is 2.22. The number of nitrogens with zero attached hydrogens (tertiary/aromatic N) is 5. The molecule has 2 aromatic carbocycles. The van der Waals surface area contributed by atoms with Crippen molar-refractivity contribution < 1.29 is 13.2 Å². The van der Waals surface area contributed by atoms with Crippen molar-refractivity contribution >= 4 is 38.5 Å². The second kappa shape index (κ2) is 8.71. The number of benzene rings is 2. The van der Waals surface area contributed by atoms with Gasteiger partial charge in [0, 0.05) is 16.5 Å². The van der Waals surface area contributed by atoms with Crippen molar-refractivity contribution in [2.24, 2.45) is 5.73 Å². The van der Waals surface area contributed by atoms with E-state index in [1.54, 1.807) is 59.3 Å². The molecule has 0 spiro atoms. The first-order chi connectivity index (χ1) is 15.8. The molecule has 2 aromatic heterocycles. The fourth-order valence-corrected chi connectivity index (χ4v) is 4.41. The predicted octanol–water partition coefficient (Wildman–Crippen LogP) is 2.15. The number of rotatable bonds is 8. The largest absolute Gasteiger partial charge is 0.383 e. The summed E-state index contributed by atoms with van der Waals surface area (Å²) in [7, 11) is -3.76. The topological polar surface area (TPSA) is 150 Å². The molecular formula is C22H21N7O3S. The van der Waals surface area contributed by atoms with Gasteiger partial charge in [-0.15, -0.1) is 0 Å². The van der Waals surface area contributed by atoms with E-state index in [1.807, 2.05) is 0 Å². The van der Waals surface area contributed by atoms with E-state index in [9.17, 15) is 13.2 Å². The number of hydrogen-bond donors (Lipinski definition) is 2. The van der Waals surface area contributed by atoms with Gasteiger partial charge in [0.05, 0.1) is 24.2 Å². The van der Waals surface area contributed by atoms with Gasteiger partial charge in [-0.05, 0) is 24.3 Å². The van der Waals surface area contributed by atoms with E-state index in [-0.39, 0.29) is 18.9 Å². The average Bonchev–Trinajstić information content (AvgIpc) is 3.20. The lowest BCUT2D eigenvalue weighted by Crippen LogP contribution is -2.32. The van der Waals surface area contributed by atoms with Gasteiger partial charge in [-0.1, -0.05) is 36.9 Å². The number of para-hydroxylation sites is 1. The quantitative estimate of drug-likeness (QED) is 0.406. The zero-order valence-corrected chi connectivity index (χ0v) is 18.3. The van der Waals surface area contributed by atoms with E-state index in [1.165, 1.54) is 10.6 Å². The van der Waals surface area contributed by atoms with Gasteiger partial charge in [0.25, 0.3) is 10.0 Å². The molecule has 0 unspecified atom stereocenters. The molecule has 4 rings (SSSR count). The first-order valence-corrected chi connectivity index (χ1v) is 11.4. The predicted molar refractivity (Wildman–Crippen MR) is 127 cm³/mol. The molecule has 1 amide bonds. The third-order valence-electron chi connectivity index (χ3n) is 5.06. The molecular weight excluding hydrogens is 442 g/mol. The number of nitrogen functional groups attached to an aromatic ring is 1. The Bertz CT molecular complexity index is 1450. The molecule has 4 N–H and O–H groups in total. The third kappa shape index (κ3) is 4.26. The molecule has 168 valence electrons. The van der Waals surface area contributed by atoms with Crippen LogP contribution in [0.5, 0.6) is 0 Å². The monoisotopic (exact) mass is 463 g/mol. The van der Waals surface area contributed by atoms with Gasteiger partial charge in [0.2, 0.25) is 5.91 Å². The summed E-state index contributed by atoms with van der Waals surface area (Å²) in [6.45, 7) is 3.67. The lowest BCUT2D eigenvalue weighted by Gasteiger charge is -2.22. The highest BCUT2D eigenvalue weighted by Crippen LogP contribution is 2.30. The molecule has 0 fully saturated rings. The molecule has 0 saturated heterocycles. The number of fused-ring (bicyclic) bond motifs is 1. The van der Waals surface area contributed by atoms with Crippen molar-refractivity contribution in [3.63, 3.8) is 0 Å². The van der Waals surface area contributed by atoms with Crippen LogP contribution in [0.15, 0.2) is 72.9 Å². The van der Waals surface area contributed by atoms with E-state index in [4.69, 9.17) is 11.5 Å². The SMILES string of the molecule is C=CS(=O)(=O)N(CCn1nc(-c2cccc(C(N)=O)c2)c2c(N)ncnc21)c1ccccc1. The molecule has 10 nitrogen and oxygen atoms in total. The minimum absolute atomic E-state index is 0.0693. The molecule has 0 radical (unpaired) electrons. The Hall–Kier alpha value is -4.25. The van der Waals surface area contributed by atoms with Crippen LogP contribution in [0.3, 0.4) is 0 Å². The van der Waals surface area contributed by atoms with E-state index in [0.717, 1.165) is 5.41 Å². The number of primary amides is 1. The number of amides is 1. The Labute approximate surface area is 190 Å². The summed E-state index contributed by atoms with van der Waals surface area (Å²) in [5, 5.41) is 6.03. The van der Waals surface area contributed by atoms with Gasteiger partial charge in [0.15, 0.2) is 5.65 Å². The molecule has 0 bridgehead atoms. The van der Waals surface area contributed by atoms with Crippen LogP contribution in [0.1, 0.15) is 10.4 Å². The van der Waals surface area contributed by atoms with Crippen molar-refractivity contribution in [1.82, 2.24) is 19.7 Å². The molecule has 4 aromatic rings. The smallest absolute Gasteiger partial charge is 0.256 e. The Balaban J connectivity index is 1.78. The van der Waals surface area contributed by atoms with Gasteiger partial charge >= 0.3 is 0 Å². The fraction of sp³-hybridized carbons (Fsp3) is 0.0909. The summed E-state index contributed by atoms with van der Waals surface area (Å²) in [5.74, 6) is -0.359. The summed E-state index contributed by atoms with van der Waals surface area (Å²) in [6.07, 6.45) is 1.31. The molecule has 0 saturated carbocycles. The summed E-state index contributed by atoms with van der Waals surface area (Å²) < 4.78 is 28.1. The summed E-state index contributed by atoms with van der Waals surface area (Å²) in [6, 6.07) is 15.4. The zero-order valence-electron chi connectivity index (χ0n) is 17.5. The van der Waals surface area contributed by atoms with Gasteiger partial charge in [0.1, 0.15) is 17.8 Å². The van der Waals surface area contributed by atoms with Crippen molar-refractivity contribution in [1.29, 1.82) is 0 Å². The highest BCUT2D eigenvalue weighted by molar-refractivity contribution is 7.95. The molecule has 11 heteroatoms. The zero-order chi connectivity index (χ0) is 23.6. The standard InChI is InChI=1S/C22H21N7O3S/c1-2-33(31,32)29(17-9-4-3-5-10-17)12-11-28-22-18(20(23)25-14-26-22)19(27-28)15-7-6-8-16(13-15)21(24)30/h2-10,13-14H,1,11-12H2,(H2,24,30)(H2,23,25,26). The van der Waals surface area contributed by atoms with E-state index in [0.29, 0.717) is 33.5 Å². The van der Waals surface area contributed by atoms with Crippen LogP contribution >= 0.6 is 0 Å². The van der Waals surface area contributed by atoms with Crippen molar-refractivity contribution in [2.45, 2.75) is 6.54 Å². The molecule has 0 aliphatic rings. The van der Waals surface area contributed by atoms with Crippen LogP contribution in [0, 0.1) is 0 Å². The van der Waals surface area contributed by atoms with Crippen molar-refractivity contribution in [2.75, 3.05) is 16.6 Å². The first kappa shape index (κ1) is 22.0. The molecule has 0 atom stereocenters. The number of sulfonamides is 1. The van der Waals surface area contributed by atoms with Crippen LogP contribution in [-0.4, -0.2) is 40.6 Å². The van der Waals surface area contributed by atoms with Crippen LogP contribution in [0.4, 0.5) is 11.5 Å². The van der Waals surface area contributed by atoms with E-state index >= 15 is 0 Å². The van der Waals surface area contributed by atoms with Gasteiger partial charge < -0.3 is 11.5 Å². The number of carbonyl (C=O) groups is 1. The second-order valence-electron chi connectivity index (χ2n) is 7.09. The summed E-state index contributed by atoms with van der Waals surface area (Å²) in [4.78, 5) is 20.0. The summed E-state index contributed by atoms with van der Waals surface area (Å²) >= 11 is 0. The number of carbonyl (C=O) groups excluding carboxylic acids is 1. The Morgan fingerprint density at radius 3 is 2.58 bits per heavy atom. The van der Waals surface area contributed by atoms with Crippen molar-refractivity contribution in [3.05, 3.63) is 78.5 Å². The third-order valence-corrected chi connectivity index (χ3v) is 6.48. The first-order valence-electron chi connectivity index (χ1n) is 9.89. The minimum Gasteiger partial charge on any atom is -0.383 e.